The van der Waals surface area contributed by atoms with Gasteiger partial charge in [0.05, 0.1) is 16.8 Å². The number of benzene rings is 2. The van der Waals surface area contributed by atoms with Crippen molar-refractivity contribution in [2.45, 2.75) is 13.0 Å². The minimum Gasteiger partial charge on any atom is -0.482 e. The van der Waals surface area contributed by atoms with Gasteiger partial charge in [-0.25, -0.2) is 9.67 Å². The van der Waals surface area contributed by atoms with Crippen molar-refractivity contribution >= 4 is 29.1 Å². The Morgan fingerprint density at radius 2 is 2.00 bits per heavy atom. The SMILES string of the molecule is C[C@H](NC(=O)COc1ccc(Cl)cc1Cl)c1ccc(-n2cncn2)cc1. The third-order valence-corrected chi connectivity index (χ3v) is 4.24. The summed E-state index contributed by atoms with van der Waals surface area (Å²) in [7, 11) is 0. The molecule has 8 heteroatoms. The lowest BCUT2D eigenvalue weighted by Crippen LogP contribution is -2.31. The van der Waals surface area contributed by atoms with Crippen LogP contribution < -0.4 is 10.1 Å². The Kier molecular flexibility index (Phi) is 5.75. The highest BCUT2D eigenvalue weighted by atomic mass is 35.5. The molecule has 1 N–H and O–H groups in total. The van der Waals surface area contributed by atoms with Gasteiger partial charge in [-0.2, -0.15) is 5.10 Å². The largest absolute Gasteiger partial charge is 0.482 e. The number of rotatable bonds is 6. The molecule has 1 aromatic heterocycles. The summed E-state index contributed by atoms with van der Waals surface area (Å²) in [5, 5.41) is 7.83. The molecule has 0 aliphatic carbocycles. The average Bonchev–Trinajstić information content (AvgIpc) is 3.16. The summed E-state index contributed by atoms with van der Waals surface area (Å²) < 4.78 is 7.10. The highest BCUT2D eigenvalue weighted by molar-refractivity contribution is 6.35. The van der Waals surface area contributed by atoms with E-state index in [1.807, 2.05) is 31.2 Å². The summed E-state index contributed by atoms with van der Waals surface area (Å²) >= 11 is 11.9. The molecule has 1 atom stereocenters. The van der Waals surface area contributed by atoms with Crippen LogP contribution in [0.2, 0.25) is 10.0 Å². The smallest absolute Gasteiger partial charge is 0.258 e. The van der Waals surface area contributed by atoms with Gasteiger partial charge in [-0.3, -0.25) is 4.79 Å². The normalized spacial score (nSPS) is 11.8. The van der Waals surface area contributed by atoms with Crippen molar-refractivity contribution in [3.8, 4) is 11.4 Å². The van der Waals surface area contributed by atoms with Crippen molar-refractivity contribution in [1.29, 1.82) is 0 Å². The molecule has 1 amide bonds. The first-order valence-corrected chi connectivity index (χ1v) is 8.60. The summed E-state index contributed by atoms with van der Waals surface area (Å²) in [4.78, 5) is 16.0. The standard InChI is InChI=1S/C18H16Cl2N4O2/c1-12(13-2-5-15(6-3-13)24-11-21-10-22-24)23-18(25)9-26-17-7-4-14(19)8-16(17)20/h2-8,10-12H,9H2,1H3,(H,23,25)/t12-/m0/s1. The zero-order valence-corrected chi connectivity index (χ0v) is 15.4. The van der Waals surface area contributed by atoms with Gasteiger partial charge in [0.2, 0.25) is 0 Å². The van der Waals surface area contributed by atoms with Gasteiger partial charge < -0.3 is 10.1 Å². The summed E-state index contributed by atoms with van der Waals surface area (Å²) in [6, 6.07) is 12.4. The second-order valence-electron chi connectivity index (χ2n) is 5.58. The number of carbonyl (C=O) groups is 1. The van der Waals surface area contributed by atoms with Crippen LogP contribution in [0.5, 0.6) is 5.75 Å². The first kappa shape index (κ1) is 18.2. The molecule has 0 saturated heterocycles. The fourth-order valence-electron chi connectivity index (χ4n) is 2.36. The van der Waals surface area contributed by atoms with Gasteiger partial charge in [-0.1, -0.05) is 35.3 Å². The number of halogens is 2. The second kappa shape index (κ2) is 8.21. The van der Waals surface area contributed by atoms with Gasteiger partial charge in [-0.15, -0.1) is 0 Å². The van der Waals surface area contributed by atoms with E-state index in [1.54, 1.807) is 29.2 Å². The minimum atomic E-state index is -0.246. The lowest BCUT2D eigenvalue weighted by atomic mass is 10.1. The third kappa shape index (κ3) is 4.53. The molecule has 3 rings (SSSR count). The number of carbonyl (C=O) groups excluding carboxylic acids is 1. The molecule has 0 fully saturated rings. The van der Waals surface area contributed by atoms with Crippen LogP contribution >= 0.6 is 23.2 Å². The van der Waals surface area contributed by atoms with Gasteiger partial charge in [0.15, 0.2) is 6.61 Å². The minimum absolute atomic E-state index is 0.136. The van der Waals surface area contributed by atoms with Gasteiger partial charge in [0, 0.05) is 5.02 Å². The molecule has 2 aromatic carbocycles. The first-order chi connectivity index (χ1) is 12.5. The topological polar surface area (TPSA) is 69.0 Å². The van der Waals surface area contributed by atoms with E-state index in [4.69, 9.17) is 27.9 Å². The maximum atomic E-state index is 12.1. The number of aromatic nitrogens is 3. The number of hydrogen-bond donors (Lipinski definition) is 1. The van der Waals surface area contributed by atoms with Crippen molar-refractivity contribution < 1.29 is 9.53 Å². The molecular weight excluding hydrogens is 375 g/mol. The quantitative estimate of drug-likeness (QED) is 0.694. The van der Waals surface area contributed by atoms with Crippen LogP contribution in [-0.4, -0.2) is 27.3 Å². The molecule has 3 aromatic rings. The van der Waals surface area contributed by atoms with Crippen molar-refractivity contribution in [3.05, 3.63) is 70.7 Å². The van der Waals surface area contributed by atoms with E-state index in [0.29, 0.717) is 15.8 Å². The Labute approximate surface area is 160 Å². The lowest BCUT2D eigenvalue weighted by molar-refractivity contribution is -0.123. The highest BCUT2D eigenvalue weighted by Gasteiger charge is 2.11. The summed E-state index contributed by atoms with van der Waals surface area (Å²) in [6.45, 7) is 1.76. The number of amides is 1. The van der Waals surface area contributed by atoms with E-state index < -0.39 is 0 Å². The molecule has 26 heavy (non-hydrogen) atoms. The summed E-state index contributed by atoms with van der Waals surface area (Å²) in [5.41, 5.74) is 1.86. The Hall–Kier alpha value is -2.57. The first-order valence-electron chi connectivity index (χ1n) is 7.85. The van der Waals surface area contributed by atoms with E-state index in [2.05, 4.69) is 15.4 Å². The Morgan fingerprint density at radius 1 is 1.23 bits per heavy atom. The predicted molar refractivity (Wildman–Crippen MR) is 99.9 cm³/mol. The molecule has 0 aliphatic rings. The van der Waals surface area contributed by atoms with Crippen LogP contribution in [0.4, 0.5) is 0 Å². The van der Waals surface area contributed by atoms with Crippen molar-refractivity contribution in [3.63, 3.8) is 0 Å². The van der Waals surface area contributed by atoms with Crippen LogP contribution in [0.15, 0.2) is 55.1 Å². The van der Waals surface area contributed by atoms with E-state index in [1.165, 1.54) is 6.33 Å². The monoisotopic (exact) mass is 390 g/mol. The predicted octanol–water partition coefficient (Wildman–Crippen LogP) is 3.83. The number of hydrogen-bond acceptors (Lipinski definition) is 4. The second-order valence-corrected chi connectivity index (χ2v) is 6.43. The van der Waals surface area contributed by atoms with Crippen molar-refractivity contribution in [2.75, 3.05) is 6.61 Å². The molecule has 134 valence electrons. The van der Waals surface area contributed by atoms with Crippen molar-refractivity contribution in [1.82, 2.24) is 20.1 Å². The van der Waals surface area contributed by atoms with E-state index in [0.717, 1.165) is 11.3 Å². The zero-order chi connectivity index (χ0) is 18.5. The van der Waals surface area contributed by atoms with Crippen LogP contribution in [0.3, 0.4) is 0 Å². The summed E-state index contributed by atoms with van der Waals surface area (Å²) in [6.07, 6.45) is 3.10. The fraction of sp³-hybridized carbons (Fsp3) is 0.167. The van der Waals surface area contributed by atoms with Gasteiger partial charge in [0.1, 0.15) is 18.4 Å². The third-order valence-electron chi connectivity index (χ3n) is 3.71. The van der Waals surface area contributed by atoms with E-state index >= 15 is 0 Å². The molecule has 6 nitrogen and oxygen atoms in total. The maximum Gasteiger partial charge on any atom is 0.258 e. The maximum absolute atomic E-state index is 12.1. The van der Waals surface area contributed by atoms with Crippen molar-refractivity contribution in [2.24, 2.45) is 0 Å². The Morgan fingerprint density at radius 3 is 2.65 bits per heavy atom. The Balaban J connectivity index is 1.55. The van der Waals surface area contributed by atoms with Crippen LogP contribution in [-0.2, 0) is 4.79 Å². The molecular formula is C18H16Cl2N4O2. The van der Waals surface area contributed by atoms with Gasteiger partial charge in [0.25, 0.3) is 5.91 Å². The van der Waals surface area contributed by atoms with Crippen LogP contribution in [0.25, 0.3) is 5.69 Å². The average molecular weight is 391 g/mol. The zero-order valence-electron chi connectivity index (χ0n) is 13.9. The van der Waals surface area contributed by atoms with Crippen LogP contribution in [0, 0.1) is 0 Å². The van der Waals surface area contributed by atoms with Crippen LogP contribution in [0.1, 0.15) is 18.5 Å². The number of nitrogens with one attached hydrogen (secondary N) is 1. The van der Waals surface area contributed by atoms with Gasteiger partial charge >= 0.3 is 0 Å². The molecule has 0 bridgehead atoms. The molecule has 0 spiro atoms. The summed E-state index contributed by atoms with van der Waals surface area (Å²) in [5.74, 6) is 0.167. The highest BCUT2D eigenvalue weighted by Crippen LogP contribution is 2.27. The molecule has 0 radical (unpaired) electrons. The molecule has 0 aliphatic heterocycles. The lowest BCUT2D eigenvalue weighted by Gasteiger charge is -2.15. The van der Waals surface area contributed by atoms with E-state index in [9.17, 15) is 4.79 Å². The molecule has 0 saturated carbocycles. The number of nitrogens with zero attached hydrogens (tertiary/aromatic N) is 3. The molecule has 1 heterocycles. The Bertz CT molecular complexity index is 883. The number of ether oxygens (including phenoxy) is 1. The molecule has 0 unspecified atom stereocenters. The van der Waals surface area contributed by atoms with E-state index in [-0.39, 0.29) is 18.6 Å². The fourth-order valence-corrected chi connectivity index (χ4v) is 2.82. The van der Waals surface area contributed by atoms with Gasteiger partial charge in [-0.05, 0) is 42.8 Å².